The zero-order valence-corrected chi connectivity index (χ0v) is 12.7. The molecule has 0 aliphatic carbocycles. The van der Waals surface area contributed by atoms with E-state index in [1.165, 1.54) is 4.68 Å². The Labute approximate surface area is 124 Å². The second-order valence-electron chi connectivity index (χ2n) is 3.88. The Kier molecular flexibility index (Phi) is 4.29. The van der Waals surface area contributed by atoms with Crippen LogP contribution in [0.1, 0.15) is 17.4 Å². The maximum Gasteiger partial charge on any atom is 0.360 e. The molecule has 7 heteroatoms. The Hall–Kier alpha value is -2.02. The number of nitrogen functional groups attached to an aromatic ring is 1. The van der Waals surface area contributed by atoms with Crippen LogP contribution in [-0.4, -0.2) is 29.5 Å². The van der Waals surface area contributed by atoms with Crippen molar-refractivity contribution in [1.82, 2.24) is 9.78 Å². The molecular weight excluding hydrogens is 326 g/mol. The Morgan fingerprint density at radius 3 is 2.60 bits per heavy atom. The van der Waals surface area contributed by atoms with Gasteiger partial charge in [-0.05, 0) is 47.1 Å². The van der Waals surface area contributed by atoms with E-state index >= 15 is 0 Å². The number of nitrogens with zero attached hydrogens (tertiary/aromatic N) is 2. The Bertz CT molecular complexity index is 623. The molecule has 1 aromatic carbocycles. The van der Waals surface area contributed by atoms with E-state index in [-0.39, 0.29) is 12.3 Å². The molecular formula is C13H14BrN3O3. The number of anilines is 1. The summed E-state index contributed by atoms with van der Waals surface area (Å²) in [6.07, 6.45) is 0. The van der Waals surface area contributed by atoms with Crippen molar-refractivity contribution in [2.75, 3.05) is 19.5 Å². The molecule has 2 N–H and O–H groups in total. The third-order valence-corrected chi connectivity index (χ3v) is 3.43. The number of halogens is 1. The predicted octanol–water partition coefficient (Wildman–Crippen LogP) is 2.40. The van der Waals surface area contributed by atoms with Gasteiger partial charge < -0.3 is 15.2 Å². The van der Waals surface area contributed by atoms with Crippen LogP contribution in [0.2, 0.25) is 0 Å². The lowest BCUT2D eigenvalue weighted by Gasteiger charge is -2.05. The van der Waals surface area contributed by atoms with E-state index in [9.17, 15) is 4.79 Å². The van der Waals surface area contributed by atoms with Gasteiger partial charge in [0.15, 0.2) is 5.69 Å². The molecule has 0 bridgehead atoms. The molecule has 0 aliphatic rings. The second kappa shape index (κ2) is 5.96. The van der Waals surface area contributed by atoms with Gasteiger partial charge in [-0.15, -0.1) is 0 Å². The fourth-order valence-corrected chi connectivity index (χ4v) is 2.07. The summed E-state index contributed by atoms with van der Waals surface area (Å²) in [5, 5.41) is 4.18. The Morgan fingerprint density at radius 1 is 1.40 bits per heavy atom. The number of nitrogens with two attached hydrogens (primary N) is 1. The molecule has 0 spiro atoms. The molecule has 0 saturated heterocycles. The number of rotatable bonds is 4. The van der Waals surface area contributed by atoms with Crippen LogP contribution in [0.15, 0.2) is 28.7 Å². The molecule has 2 rings (SSSR count). The summed E-state index contributed by atoms with van der Waals surface area (Å²) in [4.78, 5) is 11.8. The minimum atomic E-state index is -0.515. The maximum atomic E-state index is 11.8. The molecule has 1 aromatic heterocycles. The summed E-state index contributed by atoms with van der Waals surface area (Å²) in [5.41, 5.74) is 6.83. The maximum absolute atomic E-state index is 11.8. The lowest BCUT2D eigenvalue weighted by molar-refractivity contribution is 0.0518. The molecule has 0 radical (unpaired) electrons. The fourth-order valence-electron chi connectivity index (χ4n) is 1.66. The van der Waals surface area contributed by atoms with Gasteiger partial charge in [0.25, 0.3) is 0 Å². The third-order valence-electron chi connectivity index (χ3n) is 2.65. The summed E-state index contributed by atoms with van der Waals surface area (Å²) in [6.45, 7) is 2.01. The first-order valence-electron chi connectivity index (χ1n) is 5.94. The van der Waals surface area contributed by atoms with Crippen LogP contribution >= 0.6 is 15.9 Å². The zero-order valence-electron chi connectivity index (χ0n) is 11.1. The fraction of sp³-hybridized carbons (Fsp3) is 0.231. The van der Waals surface area contributed by atoms with Crippen LogP contribution in [0.25, 0.3) is 5.69 Å². The van der Waals surface area contributed by atoms with Gasteiger partial charge >= 0.3 is 5.97 Å². The predicted molar refractivity (Wildman–Crippen MR) is 78.2 cm³/mol. The number of ether oxygens (including phenoxy) is 2. The van der Waals surface area contributed by atoms with Crippen molar-refractivity contribution in [2.24, 2.45) is 0 Å². The van der Waals surface area contributed by atoms with Crippen LogP contribution in [-0.2, 0) is 4.74 Å². The molecule has 0 fully saturated rings. The van der Waals surface area contributed by atoms with Gasteiger partial charge in [-0.2, -0.15) is 5.10 Å². The van der Waals surface area contributed by atoms with Gasteiger partial charge in [0, 0.05) is 0 Å². The van der Waals surface area contributed by atoms with Crippen LogP contribution in [0.5, 0.6) is 5.75 Å². The highest BCUT2D eigenvalue weighted by Gasteiger charge is 2.21. The van der Waals surface area contributed by atoms with E-state index in [1.54, 1.807) is 38.3 Å². The van der Waals surface area contributed by atoms with Crippen LogP contribution in [0.4, 0.5) is 5.82 Å². The summed E-state index contributed by atoms with van der Waals surface area (Å²) in [7, 11) is 1.59. The first kappa shape index (κ1) is 14.4. The number of methoxy groups -OCH3 is 1. The van der Waals surface area contributed by atoms with Crippen molar-refractivity contribution in [3.63, 3.8) is 0 Å². The average Bonchev–Trinajstić information content (AvgIpc) is 2.76. The zero-order chi connectivity index (χ0) is 14.7. The molecule has 0 saturated carbocycles. The van der Waals surface area contributed by atoms with Gasteiger partial charge in [-0.3, -0.25) is 0 Å². The van der Waals surface area contributed by atoms with Gasteiger partial charge in [0.2, 0.25) is 0 Å². The van der Waals surface area contributed by atoms with Gasteiger partial charge in [-0.1, -0.05) is 0 Å². The largest absolute Gasteiger partial charge is 0.497 e. The second-order valence-corrected chi connectivity index (χ2v) is 4.67. The molecule has 0 unspecified atom stereocenters. The van der Waals surface area contributed by atoms with Gasteiger partial charge in [0.1, 0.15) is 11.6 Å². The lowest BCUT2D eigenvalue weighted by Crippen LogP contribution is -2.07. The van der Waals surface area contributed by atoms with Crippen molar-refractivity contribution in [3.05, 3.63) is 34.4 Å². The molecule has 0 atom stereocenters. The smallest absolute Gasteiger partial charge is 0.360 e. The highest BCUT2D eigenvalue weighted by atomic mass is 79.9. The van der Waals surface area contributed by atoms with Crippen LogP contribution in [0, 0.1) is 0 Å². The molecule has 2 aromatic rings. The monoisotopic (exact) mass is 339 g/mol. The van der Waals surface area contributed by atoms with Crippen molar-refractivity contribution < 1.29 is 14.3 Å². The highest BCUT2D eigenvalue weighted by molar-refractivity contribution is 9.10. The molecule has 0 aliphatic heterocycles. The third kappa shape index (κ3) is 2.62. The van der Waals surface area contributed by atoms with E-state index in [0.717, 1.165) is 11.4 Å². The summed E-state index contributed by atoms with van der Waals surface area (Å²) in [5.74, 6) is 0.542. The number of esters is 1. The summed E-state index contributed by atoms with van der Waals surface area (Å²) in [6, 6.07) is 7.16. The van der Waals surface area contributed by atoms with Crippen LogP contribution in [0.3, 0.4) is 0 Å². The first-order valence-corrected chi connectivity index (χ1v) is 6.73. The Balaban J connectivity index is 2.41. The topological polar surface area (TPSA) is 79.4 Å². The van der Waals surface area contributed by atoms with Gasteiger partial charge in [0.05, 0.1) is 23.9 Å². The van der Waals surface area contributed by atoms with Crippen molar-refractivity contribution >= 4 is 27.7 Å². The van der Waals surface area contributed by atoms with Crippen LogP contribution < -0.4 is 10.5 Å². The van der Waals surface area contributed by atoms with Crippen molar-refractivity contribution in [3.8, 4) is 11.4 Å². The SMILES string of the molecule is CCOC(=O)c1nn(-c2ccc(OC)cc2)c(N)c1Br. The van der Waals surface area contributed by atoms with E-state index in [4.69, 9.17) is 15.2 Å². The Morgan fingerprint density at radius 2 is 2.05 bits per heavy atom. The lowest BCUT2D eigenvalue weighted by atomic mass is 10.3. The minimum Gasteiger partial charge on any atom is -0.497 e. The molecule has 6 nitrogen and oxygen atoms in total. The minimum absolute atomic E-state index is 0.153. The summed E-state index contributed by atoms with van der Waals surface area (Å²) < 4.78 is 11.9. The van der Waals surface area contributed by atoms with E-state index in [2.05, 4.69) is 21.0 Å². The number of aromatic nitrogens is 2. The molecule has 20 heavy (non-hydrogen) atoms. The molecule has 106 valence electrons. The first-order chi connectivity index (χ1) is 9.58. The number of hydrogen-bond acceptors (Lipinski definition) is 5. The number of carbonyl (C=O) groups is 1. The van der Waals surface area contributed by atoms with Gasteiger partial charge in [-0.25, -0.2) is 9.48 Å². The number of benzene rings is 1. The summed E-state index contributed by atoms with van der Waals surface area (Å²) >= 11 is 3.26. The quantitative estimate of drug-likeness (QED) is 0.865. The van der Waals surface area contributed by atoms with Crippen molar-refractivity contribution in [1.29, 1.82) is 0 Å². The average molecular weight is 340 g/mol. The number of carbonyl (C=O) groups excluding carboxylic acids is 1. The standard InChI is InChI=1S/C13H14BrN3O3/c1-3-20-13(18)11-10(14)12(15)17(16-11)8-4-6-9(19-2)7-5-8/h4-7H,3,15H2,1-2H3. The highest BCUT2D eigenvalue weighted by Crippen LogP contribution is 2.27. The molecule has 1 heterocycles. The number of hydrogen-bond donors (Lipinski definition) is 1. The van der Waals surface area contributed by atoms with E-state index < -0.39 is 5.97 Å². The van der Waals surface area contributed by atoms with E-state index in [1.807, 2.05) is 0 Å². The van der Waals surface area contributed by atoms with Crippen molar-refractivity contribution in [2.45, 2.75) is 6.92 Å². The molecule has 0 amide bonds. The normalized spacial score (nSPS) is 10.3. The van der Waals surface area contributed by atoms with E-state index in [0.29, 0.717) is 10.3 Å².